The average Bonchev–Trinajstić information content (AvgIpc) is 2.65. The number of hydrogen-bond acceptors (Lipinski definition) is 2. The Kier molecular flexibility index (Phi) is 5.85. The Morgan fingerprint density at radius 2 is 2.05 bits per heavy atom. The third-order valence-electron chi connectivity index (χ3n) is 3.01. The Balaban J connectivity index is 2.72. The molecule has 0 fully saturated rings. The summed E-state index contributed by atoms with van der Waals surface area (Å²) in [6.45, 7) is 4.52. The van der Waals surface area contributed by atoms with E-state index in [0.29, 0.717) is 13.0 Å². The summed E-state index contributed by atoms with van der Waals surface area (Å²) in [5, 5.41) is 7.23. The van der Waals surface area contributed by atoms with Crippen molar-refractivity contribution in [3.8, 4) is 0 Å². The summed E-state index contributed by atoms with van der Waals surface area (Å²) < 4.78 is 39.3. The molecule has 6 heteroatoms. The van der Waals surface area contributed by atoms with Crippen molar-refractivity contribution < 1.29 is 13.2 Å². The zero-order chi connectivity index (χ0) is 14.5. The van der Waals surface area contributed by atoms with Crippen LogP contribution in [-0.2, 0) is 19.9 Å². The van der Waals surface area contributed by atoms with Gasteiger partial charge in [-0.15, -0.1) is 0 Å². The molecule has 0 aliphatic carbocycles. The lowest BCUT2D eigenvalue weighted by molar-refractivity contribution is -0.140. The molecule has 0 aliphatic rings. The summed E-state index contributed by atoms with van der Waals surface area (Å²) in [4.78, 5) is 0. The molecule has 0 aromatic carbocycles. The summed E-state index contributed by atoms with van der Waals surface area (Å²) in [6.07, 6.45) is -2.99. The van der Waals surface area contributed by atoms with Crippen molar-refractivity contribution in [2.24, 2.45) is 7.05 Å². The molecule has 1 atom stereocenters. The highest BCUT2D eigenvalue weighted by Crippen LogP contribution is 2.23. The van der Waals surface area contributed by atoms with E-state index in [1.165, 1.54) is 0 Å². The number of aryl methyl sites for hydroxylation is 2. The van der Waals surface area contributed by atoms with Gasteiger partial charge in [0, 0.05) is 25.2 Å². The lowest BCUT2D eigenvalue weighted by Crippen LogP contribution is -2.36. The Morgan fingerprint density at radius 1 is 1.37 bits per heavy atom. The number of rotatable bonds is 7. The molecule has 1 N–H and O–H groups in total. The topological polar surface area (TPSA) is 29.9 Å². The van der Waals surface area contributed by atoms with Crippen LogP contribution in [0.25, 0.3) is 0 Å². The van der Waals surface area contributed by atoms with Crippen LogP contribution in [0.15, 0.2) is 6.07 Å². The van der Waals surface area contributed by atoms with E-state index in [-0.39, 0.29) is 0 Å². The highest BCUT2D eigenvalue weighted by Gasteiger charge is 2.32. The monoisotopic (exact) mass is 277 g/mol. The first-order valence-electron chi connectivity index (χ1n) is 6.67. The Bertz CT molecular complexity index is 385. The predicted molar refractivity (Wildman–Crippen MR) is 69.0 cm³/mol. The van der Waals surface area contributed by atoms with Crippen molar-refractivity contribution in [3.63, 3.8) is 0 Å². The molecule has 1 aromatic rings. The summed E-state index contributed by atoms with van der Waals surface area (Å²) in [5.41, 5.74) is 1.76. The number of hydrogen-bond donors (Lipinski definition) is 1. The molecule has 1 rings (SSSR count). The van der Waals surface area contributed by atoms with E-state index in [2.05, 4.69) is 10.4 Å². The van der Waals surface area contributed by atoms with E-state index in [1.807, 2.05) is 19.9 Å². The molecule has 0 saturated carbocycles. The maximum absolute atomic E-state index is 12.5. The molecule has 110 valence electrons. The highest BCUT2D eigenvalue weighted by molar-refractivity contribution is 5.11. The van der Waals surface area contributed by atoms with E-state index in [1.54, 1.807) is 11.7 Å². The van der Waals surface area contributed by atoms with Gasteiger partial charge >= 0.3 is 6.18 Å². The second-order valence-electron chi connectivity index (χ2n) is 4.78. The summed E-state index contributed by atoms with van der Waals surface area (Å²) in [5.74, 6) is 0. The number of nitrogens with zero attached hydrogens (tertiary/aromatic N) is 2. The van der Waals surface area contributed by atoms with Crippen LogP contribution in [0.5, 0.6) is 0 Å². The molecule has 1 aromatic heterocycles. The third kappa shape index (κ3) is 5.63. The van der Waals surface area contributed by atoms with Gasteiger partial charge in [-0.1, -0.05) is 13.8 Å². The Morgan fingerprint density at radius 3 is 2.53 bits per heavy atom. The normalized spacial score (nSPS) is 13.8. The fraction of sp³-hybridized carbons (Fsp3) is 0.769. The molecule has 0 bridgehead atoms. The van der Waals surface area contributed by atoms with Crippen molar-refractivity contribution in [1.29, 1.82) is 0 Å². The van der Waals surface area contributed by atoms with Crippen LogP contribution in [0.4, 0.5) is 13.2 Å². The van der Waals surface area contributed by atoms with E-state index >= 15 is 0 Å². The van der Waals surface area contributed by atoms with Gasteiger partial charge < -0.3 is 5.32 Å². The number of alkyl halides is 3. The summed E-state index contributed by atoms with van der Waals surface area (Å²) >= 11 is 0. The van der Waals surface area contributed by atoms with Gasteiger partial charge in [-0.3, -0.25) is 4.68 Å². The van der Waals surface area contributed by atoms with Crippen LogP contribution in [-0.4, -0.2) is 28.5 Å². The molecule has 0 aliphatic heterocycles. The van der Waals surface area contributed by atoms with E-state index in [9.17, 15) is 13.2 Å². The first-order chi connectivity index (χ1) is 8.85. The number of aromatic nitrogens is 2. The Hall–Kier alpha value is -1.04. The van der Waals surface area contributed by atoms with Gasteiger partial charge in [0.05, 0.1) is 12.1 Å². The first kappa shape index (κ1) is 16.0. The molecule has 1 unspecified atom stereocenters. The maximum atomic E-state index is 12.5. The van der Waals surface area contributed by atoms with E-state index in [4.69, 9.17) is 0 Å². The van der Waals surface area contributed by atoms with Crippen LogP contribution in [0, 0.1) is 0 Å². The average molecular weight is 277 g/mol. The zero-order valence-electron chi connectivity index (χ0n) is 11.7. The Labute approximate surface area is 112 Å². The lowest BCUT2D eigenvalue weighted by atomic mass is 10.1. The fourth-order valence-corrected chi connectivity index (χ4v) is 2.03. The standard InChI is InChI=1S/C13H22F3N3/c1-4-6-17-11(9-13(14,15)16)8-12-7-10(5-2)18-19(12)3/h7,11,17H,4-6,8-9H2,1-3H3. The van der Waals surface area contributed by atoms with E-state index < -0.39 is 18.6 Å². The molecule has 0 saturated heterocycles. The smallest absolute Gasteiger partial charge is 0.313 e. The first-order valence-corrected chi connectivity index (χ1v) is 6.67. The molecule has 0 amide bonds. The van der Waals surface area contributed by atoms with Gasteiger partial charge in [0.2, 0.25) is 0 Å². The van der Waals surface area contributed by atoms with Crippen LogP contribution in [0.3, 0.4) is 0 Å². The molecular formula is C13H22F3N3. The minimum absolute atomic E-state index is 0.350. The second kappa shape index (κ2) is 6.93. The molecule has 3 nitrogen and oxygen atoms in total. The zero-order valence-corrected chi connectivity index (χ0v) is 11.7. The summed E-state index contributed by atoms with van der Waals surface area (Å²) in [7, 11) is 1.78. The lowest BCUT2D eigenvalue weighted by Gasteiger charge is -2.20. The van der Waals surface area contributed by atoms with Crippen molar-refractivity contribution >= 4 is 0 Å². The largest absolute Gasteiger partial charge is 0.390 e. The van der Waals surface area contributed by atoms with Gasteiger partial charge in [-0.05, 0) is 25.5 Å². The molecule has 1 heterocycles. The molecule has 19 heavy (non-hydrogen) atoms. The highest BCUT2D eigenvalue weighted by atomic mass is 19.4. The quantitative estimate of drug-likeness (QED) is 0.830. The second-order valence-corrected chi connectivity index (χ2v) is 4.78. The van der Waals surface area contributed by atoms with E-state index in [0.717, 1.165) is 24.2 Å². The molecular weight excluding hydrogens is 255 g/mol. The predicted octanol–water partition coefficient (Wildman–Crippen LogP) is 2.85. The van der Waals surface area contributed by atoms with Gasteiger partial charge in [0.15, 0.2) is 0 Å². The van der Waals surface area contributed by atoms with Crippen molar-refractivity contribution in [2.45, 2.75) is 51.7 Å². The van der Waals surface area contributed by atoms with Gasteiger partial charge in [-0.2, -0.15) is 18.3 Å². The minimum Gasteiger partial charge on any atom is -0.313 e. The third-order valence-corrected chi connectivity index (χ3v) is 3.01. The van der Waals surface area contributed by atoms with Crippen molar-refractivity contribution in [1.82, 2.24) is 15.1 Å². The van der Waals surface area contributed by atoms with Crippen molar-refractivity contribution in [2.75, 3.05) is 6.54 Å². The van der Waals surface area contributed by atoms with Gasteiger partial charge in [-0.25, -0.2) is 0 Å². The number of nitrogens with one attached hydrogen (secondary N) is 1. The van der Waals surface area contributed by atoms with Crippen molar-refractivity contribution in [3.05, 3.63) is 17.5 Å². The summed E-state index contributed by atoms with van der Waals surface area (Å²) in [6, 6.07) is 1.30. The van der Waals surface area contributed by atoms with Crippen LogP contribution in [0.2, 0.25) is 0 Å². The van der Waals surface area contributed by atoms with Gasteiger partial charge in [0.1, 0.15) is 0 Å². The van der Waals surface area contributed by atoms with Crippen LogP contribution < -0.4 is 5.32 Å². The fourth-order valence-electron chi connectivity index (χ4n) is 2.03. The number of halogens is 3. The molecule has 0 spiro atoms. The van der Waals surface area contributed by atoms with Crippen LogP contribution in [0.1, 0.15) is 38.1 Å². The van der Waals surface area contributed by atoms with Crippen LogP contribution >= 0.6 is 0 Å². The van der Waals surface area contributed by atoms with Gasteiger partial charge in [0.25, 0.3) is 0 Å². The SMILES string of the molecule is CCCNC(Cc1cc(CC)nn1C)CC(F)(F)F. The molecule has 0 radical (unpaired) electrons. The minimum atomic E-state index is -4.14. The maximum Gasteiger partial charge on any atom is 0.390 e.